The molecule has 1 aliphatic heterocycles. The number of fused-ring (bicyclic) bond motifs is 1. The highest BCUT2D eigenvalue weighted by molar-refractivity contribution is 7.89. The summed E-state index contributed by atoms with van der Waals surface area (Å²) < 4.78 is 77.4. The van der Waals surface area contributed by atoms with Gasteiger partial charge in [0.1, 0.15) is 0 Å². The molecule has 4 rings (SSSR count). The summed E-state index contributed by atoms with van der Waals surface area (Å²) in [6.07, 6.45) is -4.56. The molecule has 0 radical (unpaired) electrons. The quantitative estimate of drug-likeness (QED) is 0.530. The van der Waals surface area contributed by atoms with E-state index >= 15 is 0 Å². The lowest BCUT2D eigenvalue weighted by Crippen LogP contribution is -2.24. The lowest BCUT2D eigenvalue weighted by molar-refractivity contribution is -0.137. The maximum atomic E-state index is 12.9. The van der Waals surface area contributed by atoms with Crippen molar-refractivity contribution in [3.8, 4) is 11.5 Å². The summed E-state index contributed by atoms with van der Waals surface area (Å²) >= 11 is 0. The van der Waals surface area contributed by atoms with Crippen LogP contribution >= 0.6 is 0 Å². The van der Waals surface area contributed by atoms with Gasteiger partial charge in [-0.1, -0.05) is 18.2 Å². The topological polar surface area (TPSA) is 93.7 Å². The number of sulfonamides is 1. The van der Waals surface area contributed by atoms with Crippen molar-refractivity contribution in [3.63, 3.8) is 0 Å². The molecule has 34 heavy (non-hydrogen) atoms. The predicted octanol–water partition coefficient (Wildman–Crippen LogP) is 4.47. The van der Waals surface area contributed by atoms with Gasteiger partial charge in [-0.15, -0.1) is 0 Å². The van der Waals surface area contributed by atoms with Crippen LogP contribution in [0.3, 0.4) is 0 Å². The minimum absolute atomic E-state index is 0.0170. The SMILES string of the molecule is Cc1ccc(S(=O)(=O)NCc2ccc3c(c2)OCO3)cc1C(=O)Nc1cccc(C(F)(F)F)c1. The molecule has 0 aliphatic carbocycles. The third-order valence-electron chi connectivity index (χ3n) is 5.12. The normalized spacial score (nSPS) is 13.1. The molecule has 1 amide bonds. The molecule has 0 spiro atoms. The first-order valence-electron chi connectivity index (χ1n) is 10.0. The van der Waals surface area contributed by atoms with Crippen LogP contribution in [0.2, 0.25) is 0 Å². The second-order valence-corrected chi connectivity index (χ2v) is 9.29. The van der Waals surface area contributed by atoms with E-state index in [0.717, 1.165) is 12.1 Å². The molecular weight excluding hydrogens is 473 g/mol. The van der Waals surface area contributed by atoms with Gasteiger partial charge in [0.05, 0.1) is 10.5 Å². The molecule has 0 bridgehead atoms. The van der Waals surface area contributed by atoms with E-state index in [4.69, 9.17) is 9.47 Å². The van der Waals surface area contributed by atoms with Crippen molar-refractivity contribution in [2.75, 3.05) is 12.1 Å². The van der Waals surface area contributed by atoms with Gasteiger partial charge >= 0.3 is 6.18 Å². The molecule has 0 saturated carbocycles. The lowest BCUT2D eigenvalue weighted by Gasteiger charge is -2.13. The fraction of sp³-hybridized carbons (Fsp3) is 0.174. The highest BCUT2D eigenvalue weighted by Crippen LogP contribution is 2.33. The Bertz CT molecular complexity index is 1360. The van der Waals surface area contributed by atoms with Crippen molar-refractivity contribution in [1.82, 2.24) is 4.72 Å². The van der Waals surface area contributed by atoms with Crippen LogP contribution in [0.5, 0.6) is 11.5 Å². The molecule has 0 saturated heterocycles. The molecule has 7 nitrogen and oxygen atoms in total. The van der Waals surface area contributed by atoms with Gasteiger partial charge in [-0.3, -0.25) is 4.79 Å². The number of amides is 1. The Morgan fingerprint density at radius 3 is 2.53 bits per heavy atom. The summed E-state index contributed by atoms with van der Waals surface area (Å²) in [5.41, 5.74) is 0.143. The third-order valence-corrected chi connectivity index (χ3v) is 6.51. The largest absolute Gasteiger partial charge is 0.454 e. The minimum atomic E-state index is -4.56. The average molecular weight is 492 g/mol. The Balaban J connectivity index is 1.51. The van der Waals surface area contributed by atoms with Crippen LogP contribution in [0.25, 0.3) is 0 Å². The molecule has 3 aromatic rings. The lowest BCUT2D eigenvalue weighted by atomic mass is 10.1. The number of hydrogen-bond donors (Lipinski definition) is 2. The summed E-state index contributed by atoms with van der Waals surface area (Å²) in [6.45, 7) is 1.66. The second kappa shape index (κ2) is 8.99. The Labute approximate surface area is 193 Å². The van der Waals surface area contributed by atoms with E-state index in [0.29, 0.717) is 22.6 Å². The summed E-state index contributed by atoms with van der Waals surface area (Å²) in [4.78, 5) is 12.6. The maximum absolute atomic E-state index is 12.9. The van der Waals surface area contributed by atoms with Crippen LogP contribution in [0.1, 0.15) is 27.0 Å². The Hall–Kier alpha value is -3.57. The summed E-state index contributed by atoms with van der Waals surface area (Å²) in [7, 11) is -4.00. The van der Waals surface area contributed by atoms with E-state index in [1.807, 2.05) is 0 Å². The van der Waals surface area contributed by atoms with Gasteiger partial charge in [-0.25, -0.2) is 13.1 Å². The van der Waals surface area contributed by atoms with Crippen LogP contribution < -0.4 is 19.5 Å². The zero-order valence-corrected chi connectivity index (χ0v) is 18.6. The van der Waals surface area contributed by atoms with Crippen LogP contribution in [-0.4, -0.2) is 21.1 Å². The number of alkyl halides is 3. The van der Waals surface area contributed by atoms with Crippen molar-refractivity contribution >= 4 is 21.6 Å². The Morgan fingerprint density at radius 1 is 1.00 bits per heavy atom. The molecule has 0 aromatic heterocycles. The number of halogens is 3. The number of ether oxygens (including phenoxy) is 2. The average Bonchev–Trinajstić information content (AvgIpc) is 3.25. The number of carbonyl (C=O) groups excluding carboxylic acids is 1. The Kier molecular flexibility index (Phi) is 6.24. The first-order valence-corrected chi connectivity index (χ1v) is 11.5. The van der Waals surface area contributed by atoms with E-state index in [1.165, 1.54) is 30.3 Å². The molecular formula is C23H19F3N2O5S. The smallest absolute Gasteiger partial charge is 0.416 e. The number of rotatable bonds is 6. The third kappa shape index (κ3) is 5.15. The number of hydrogen-bond acceptors (Lipinski definition) is 5. The van der Waals surface area contributed by atoms with Crippen LogP contribution in [0, 0.1) is 6.92 Å². The van der Waals surface area contributed by atoms with Crippen molar-refractivity contribution in [1.29, 1.82) is 0 Å². The van der Waals surface area contributed by atoms with Crippen LogP contribution in [-0.2, 0) is 22.7 Å². The molecule has 3 aromatic carbocycles. The van der Waals surface area contributed by atoms with Crippen molar-refractivity contribution < 1.29 is 35.9 Å². The standard InChI is InChI=1S/C23H19F3N2O5S/c1-14-5-7-18(34(30,31)27-12-15-6-8-20-21(9-15)33-13-32-20)11-19(14)22(29)28-17-4-2-3-16(10-17)23(24,25)26/h2-11,27H,12-13H2,1H3,(H,28,29). The van der Waals surface area contributed by atoms with Gasteiger partial charge in [-0.2, -0.15) is 13.2 Å². The molecule has 11 heteroatoms. The molecule has 0 unspecified atom stereocenters. The molecule has 0 atom stereocenters. The van der Waals surface area contributed by atoms with Crippen LogP contribution in [0.4, 0.5) is 18.9 Å². The van der Waals surface area contributed by atoms with Gasteiger partial charge in [0.25, 0.3) is 5.91 Å². The monoisotopic (exact) mass is 492 g/mol. The first kappa shape index (κ1) is 23.6. The predicted molar refractivity (Wildman–Crippen MR) is 117 cm³/mol. The molecule has 1 aliphatic rings. The van der Waals surface area contributed by atoms with Gasteiger partial charge in [-0.05, 0) is 60.5 Å². The number of benzene rings is 3. The van der Waals surface area contributed by atoms with Gasteiger partial charge in [0.2, 0.25) is 16.8 Å². The van der Waals surface area contributed by atoms with Gasteiger partial charge in [0.15, 0.2) is 11.5 Å². The van der Waals surface area contributed by atoms with Crippen LogP contribution in [0.15, 0.2) is 65.6 Å². The number of nitrogens with one attached hydrogen (secondary N) is 2. The summed E-state index contributed by atoms with van der Waals surface area (Å²) in [5, 5.41) is 2.39. The zero-order valence-electron chi connectivity index (χ0n) is 17.8. The first-order chi connectivity index (χ1) is 16.0. The molecule has 178 valence electrons. The van der Waals surface area contributed by atoms with Crippen molar-refractivity contribution in [2.24, 2.45) is 0 Å². The zero-order chi connectivity index (χ0) is 24.5. The number of carbonyl (C=O) groups is 1. The summed E-state index contributed by atoms with van der Waals surface area (Å²) in [6, 6.07) is 13.2. The number of anilines is 1. The maximum Gasteiger partial charge on any atom is 0.416 e. The summed E-state index contributed by atoms with van der Waals surface area (Å²) in [5.74, 6) is 0.354. The fourth-order valence-corrected chi connectivity index (χ4v) is 4.34. The molecule has 1 heterocycles. The van der Waals surface area contributed by atoms with E-state index in [2.05, 4.69) is 10.0 Å². The van der Waals surface area contributed by atoms with E-state index < -0.39 is 27.7 Å². The Morgan fingerprint density at radius 2 is 1.76 bits per heavy atom. The minimum Gasteiger partial charge on any atom is -0.454 e. The number of aryl methyl sites for hydroxylation is 1. The van der Waals surface area contributed by atoms with E-state index in [9.17, 15) is 26.4 Å². The highest BCUT2D eigenvalue weighted by Gasteiger charge is 2.30. The highest BCUT2D eigenvalue weighted by atomic mass is 32.2. The second-order valence-electron chi connectivity index (χ2n) is 7.52. The van der Waals surface area contributed by atoms with Gasteiger partial charge in [0, 0.05) is 17.8 Å². The van der Waals surface area contributed by atoms with Gasteiger partial charge < -0.3 is 14.8 Å². The van der Waals surface area contributed by atoms with Crippen molar-refractivity contribution in [3.05, 3.63) is 82.9 Å². The molecule has 2 N–H and O–H groups in total. The molecule has 0 fully saturated rings. The van der Waals surface area contributed by atoms with Crippen molar-refractivity contribution in [2.45, 2.75) is 24.5 Å². The van der Waals surface area contributed by atoms with E-state index in [-0.39, 0.29) is 29.5 Å². The van der Waals surface area contributed by atoms with E-state index in [1.54, 1.807) is 25.1 Å². The fourth-order valence-electron chi connectivity index (χ4n) is 3.30.